The zero-order valence-electron chi connectivity index (χ0n) is 12.5. The SMILES string of the molecule is C=CCOc1ccc(CN2CCC3(CCNC3)C2)cc1.Cl. The van der Waals surface area contributed by atoms with Crippen LogP contribution in [-0.4, -0.2) is 37.7 Å². The number of nitrogens with zero attached hydrogens (tertiary/aromatic N) is 1. The van der Waals surface area contributed by atoms with E-state index < -0.39 is 0 Å². The van der Waals surface area contributed by atoms with Gasteiger partial charge in [0.15, 0.2) is 0 Å². The first kappa shape index (κ1) is 16.3. The average molecular weight is 309 g/mol. The molecular weight excluding hydrogens is 284 g/mol. The van der Waals surface area contributed by atoms with Gasteiger partial charge in [-0.05, 0) is 49.0 Å². The second-order valence-electron chi connectivity index (χ2n) is 6.13. The lowest BCUT2D eigenvalue weighted by molar-refractivity contribution is 0.268. The summed E-state index contributed by atoms with van der Waals surface area (Å²) >= 11 is 0. The fraction of sp³-hybridized carbons (Fsp3) is 0.529. The zero-order valence-corrected chi connectivity index (χ0v) is 13.3. The predicted octanol–water partition coefficient (Wildman–Crippen LogP) is 2.86. The maximum Gasteiger partial charge on any atom is 0.119 e. The van der Waals surface area contributed by atoms with E-state index in [0.717, 1.165) is 12.3 Å². The van der Waals surface area contributed by atoms with Gasteiger partial charge in [-0.15, -0.1) is 12.4 Å². The number of likely N-dealkylation sites (tertiary alicyclic amines) is 1. The molecule has 21 heavy (non-hydrogen) atoms. The summed E-state index contributed by atoms with van der Waals surface area (Å²) in [5, 5.41) is 3.52. The highest BCUT2D eigenvalue weighted by atomic mass is 35.5. The topological polar surface area (TPSA) is 24.5 Å². The smallest absolute Gasteiger partial charge is 0.119 e. The number of rotatable bonds is 5. The molecule has 0 radical (unpaired) electrons. The van der Waals surface area contributed by atoms with Crippen molar-refractivity contribution in [2.75, 3.05) is 32.8 Å². The van der Waals surface area contributed by atoms with Crippen molar-refractivity contribution >= 4 is 12.4 Å². The fourth-order valence-corrected chi connectivity index (χ4v) is 3.41. The largest absolute Gasteiger partial charge is 0.490 e. The summed E-state index contributed by atoms with van der Waals surface area (Å²) in [6.07, 6.45) is 4.46. The van der Waals surface area contributed by atoms with Crippen LogP contribution in [0, 0.1) is 5.41 Å². The van der Waals surface area contributed by atoms with Crippen molar-refractivity contribution in [1.29, 1.82) is 0 Å². The van der Waals surface area contributed by atoms with Crippen LogP contribution in [0.1, 0.15) is 18.4 Å². The van der Waals surface area contributed by atoms with Crippen molar-refractivity contribution in [2.24, 2.45) is 5.41 Å². The molecule has 1 atom stereocenters. The van der Waals surface area contributed by atoms with Gasteiger partial charge < -0.3 is 10.1 Å². The summed E-state index contributed by atoms with van der Waals surface area (Å²) in [5.74, 6) is 0.923. The van der Waals surface area contributed by atoms with E-state index in [2.05, 4.69) is 41.1 Å². The Balaban J connectivity index is 0.00000161. The second kappa shape index (κ2) is 7.30. The Labute approximate surface area is 133 Å². The Morgan fingerprint density at radius 2 is 2.10 bits per heavy atom. The highest BCUT2D eigenvalue weighted by molar-refractivity contribution is 5.85. The molecule has 0 bridgehead atoms. The van der Waals surface area contributed by atoms with E-state index in [9.17, 15) is 0 Å². The quantitative estimate of drug-likeness (QED) is 0.847. The molecule has 2 aliphatic heterocycles. The van der Waals surface area contributed by atoms with Gasteiger partial charge in [-0.1, -0.05) is 24.8 Å². The molecule has 0 saturated carbocycles. The molecule has 2 fully saturated rings. The molecule has 0 aromatic heterocycles. The van der Waals surface area contributed by atoms with Crippen LogP contribution >= 0.6 is 12.4 Å². The molecule has 116 valence electrons. The van der Waals surface area contributed by atoms with Crippen molar-refractivity contribution in [3.05, 3.63) is 42.5 Å². The number of benzene rings is 1. The molecule has 1 unspecified atom stereocenters. The molecule has 2 heterocycles. The molecule has 1 N–H and O–H groups in total. The van der Waals surface area contributed by atoms with E-state index in [4.69, 9.17) is 4.74 Å². The van der Waals surface area contributed by atoms with Crippen LogP contribution in [0.25, 0.3) is 0 Å². The predicted molar refractivity (Wildman–Crippen MR) is 89.2 cm³/mol. The summed E-state index contributed by atoms with van der Waals surface area (Å²) in [4.78, 5) is 2.59. The molecule has 3 nitrogen and oxygen atoms in total. The zero-order chi connectivity index (χ0) is 13.8. The second-order valence-corrected chi connectivity index (χ2v) is 6.13. The van der Waals surface area contributed by atoms with Crippen molar-refractivity contribution in [3.8, 4) is 5.75 Å². The van der Waals surface area contributed by atoms with Gasteiger partial charge >= 0.3 is 0 Å². The Morgan fingerprint density at radius 3 is 2.76 bits per heavy atom. The third-order valence-corrected chi connectivity index (χ3v) is 4.55. The summed E-state index contributed by atoms with van der Waals surface area (Å²) < 4.78 is 5.52. The summed E-state index contributed by atoms with van der Waals surface area (Å²) in [7, 11) is 0. The van der Waals surface area contributed by atoms with E-state index >= 15 is 0 Å². The molecule has 1 spiro atoms. The van der Waals surface area contributed by atoms with Gasteiger partial charge in [0.1, 0.15) is 12.4 Å². The van der Waals surface area contributed by atoms with E-state index in [1.54, 1.807) is 6.08 Å². The van der Waals surface area contributed by atoms with Gasteiger partial charge in [-0.3, -0.25) is 4.90 Å². The lowest BCUT2D eigenvalue weighted by Crippen LogP contribution is -2.28. The molecule has 2 aliphatic rings. The first-order valence-corrected chi connectivity index (χ1v) is 7.55. The minimum atomic E-state index is 0. The molecule has 0 amide bonds. The third kappa shape index (κ3) is 4.00. The van der Waals surface area contributed by atoms with Crippen LogP contribution in [0.4, 0.5) is 0 Å². The van der Waals surface area contributed by atoms with Gasteiger partial charge in [0.2, 0.25) is 0 Å². The number of hydrogen-bond donors (Lipinski definition) is 1. The summed E-state index contributed by atoms with van der Waals surface area (Å²) in [6, 6.07) is 8.47. The highest BCUT2D eigenvalue weighted by Crippen LogP contribution is 2.36. The Morgan fingerprint density at radius 1 is 1.29 bits per heavy atom. The van der Waals surface area contributed by atoms with Crippen LogP contribution in [0.5, 0.6) is 5.75 Å². The Hall–Kier alpha value is -1.03. The van der Waals surface area contributed by atoms with Crippen LogP contribution in [0.15, 0.2) is 36.9 Å². The maximum absolute atomic E-state index is 5.52. The van der Waals surface area contributed by atoms with Gasteiger partial charge in [-0.2, -0.15) is 0 Å². The highest BCUT2D eigenvalue weighted by Gasteiger charge is 2.39. The van der Waals surface area contributed by atoms with Crippen molar-refractivity contribution in [1.82, 2.24) is 10.2 Å². The Bertz CT molecular complexity index is 454. The fourth-order valence-electron chi connectivity index (χ4n) is 3.41. The van der Waals surface area contributed by atoms with Crippen LogP contribution < -0.4 is 10.1 Å². The molecule has 3 rings (SSSR count). The van der Waals surface area contributed by atoms with Crippen LogP contribution in [-0.2, 0) is 6.54 Å². The third-order valence-electron chi connectivity index (χ3n) is 4.55. The van der Waals surface area contributed by atoms with Gasteiger partial charge in [0.05, 0.1) is 0 Å². The molecular formula is C17H25ClN2O. The van der Waals surface area contributed by atoms with E-state index in [0.29, 0.717) is 12.0 Å². The minimum absolute atomic E-state index is 0. The monoisotopic (exact) mass is 308 g/mol. The lowest BCUT2D eigenvalue weighted by atomic mass is 9.86. The van der Waals surface area contributed by atoms with E-state index in [1.165, 1.54) is 44.6 Å². The number of halogens is 1. The minimum Gasteiger partial charge on any atom is -0.490 e. The van der Waals surface area contributed by atoms with Gasteiger partial charge in [-0.25, -0.2) is 0 Å². The summed E-state index contributed by atoms with van der Waals surface area (Å²) in [6.45, 7) is 10.2. The standard InChI is InChI=1S/C17H24N2O.ClH/c1-2-11-20-16-5-3-15(4-6-16)12-19-10-8-17(14-19)7-9-18-13-17;/h2-6,18H,1,7-14H2;1H. The van der Waals surface area contributed by atoms with Crippen molar-refractivity contribution in [2.45, 2.75) is 19.4 Å². The number of hydrogen-bond acceptors (Lipinski definition) is 3. The molecule has 0 aliphatic carbocycles. The number of ether oxygens (including phenoxy) is 1. The number of nitrogens with one attached hydrogen (secondary N) is 1. The Kier molecular flexibility index (Phi) is 5.68. The van der Waals surface area contributed by atoms with Gasteiger partial charge in [0.25, 0.3) is 0 Å². The lowest BCUT2D eigenvalue weighted by Gasteiger charge is -2.22. The molecule has 1 aromatic carbocycles. The van der Waals surface area contributed by atoms with E-state index in [-0.39, 0.29) is 12.4 Å². The normalized spacial score (nSPS) is 25.0. The maximum atomic E-state index is 5.52. The molecule has 2 saturated heterocycles. The first-order valence-electron chi connectivity index (χ1n) is 7.55. The average Bonchev–Trinajstić information content (AvgIpc) is 3.09. The van der Waals surface area contributed by atoms with Crippen LogP contribution in [0.2, 0.25) is 0 Å². The molecule has 1 aromatic rings. The van der Waals surface area contributed by atoms with Crippen molar-refractivity contribution in [3.63, 3.8) is 0 Å². The molecule has 4 heteroatoms. The first-order chi connectivity index (χ1) is 9.80. The van der Waals surface area contributed by atoms with Gasteiger partial charge in [0, 0.05) is 19.6 Å². The summed E-state index contributed by atoms with van der Waals surface area (Å²) in [5.41, 5.74) is 1.94. The van der Waals surface area contributed by atoms with Crippen LogP contribution in [0.3, 0.4) is 0 Å². The van der Waals surface area contributed by atoms with Crippen molar-refractivity contribution < 1.29 is 4.74 Å². The van der Waals surface area contributed by atoms with E-state index in [1.807, 2.05) is 0 Å².